The van der Waals surface area contributed by atoms with Crippen molar-refractivity contribution in [3.8, 4) is 5.75 Å². The molecule has 0 heterocycles. The van der Waals surface area contributed by atoms with Crippen molar-refractivity contribution in [2.45, 2.75) is 6.61 Å². The van der Waals surface area contributed by atoms with Gasteiger partial charge in [-0.25, -0.2) is 4.79 Å². The molecule has 2 aromatic carbocycles. The molecule has 0 spiro atoms. The van der Waals surface area contributed by atoms with Crippen LogP contribution in [0.25, 0.3) is 0 Å². The van der Waals surface area contributed by atoms with Crippen molar-refractivity contribution in [3.05, 3.63) is 59.7 Å². The molecular weight excluding hydrogens is 270 g/mol. The Morgan fingerprint density at radius 3 is 2.57 bits per heavy atom. The first-order chi connectivity index (χ1) is 10.2. The Morgan fingerprint density at radius 1 is 1.14 bits per heavy atom. The molecule has 5 nitrogen and oxygen atoms in total. The summed E-state index contributed by atoms with van der Waals surface area (Å²) < 4.78 is 10.2. The first-order valence-electron chi connectivity index (χ1n) is 6.34. The van der Waals surface area contributed by atoms with Gasteiger partial charge in [-0.1, -0.05) is 36.4 Å². The molecule has 0 saturated heterocycles. The van der Waals surface area contributed by atoms with Crippen molar-refractivity contribution in [2.24, 2.45) is 0 Å². The van der Waals surface area contributed by atoms with E-state index in [9.17, 15) is 9.59 Å². The minimum absolute atomic E-state index is 0.160. The molecule has 21 heavy (non-hydrogen) atoms. The van der Waals surface area contributed by atoms with Crippen LogP contribution in [-0.4, -0.2) is 19.5 Å². The van der Waals surface area contributed by atoms with Crippen LogP contribution >= 0.6 is 0 Å². The van der Waals surface area contributed by atoms with Gasteiger partial charge in [0.15, 0.2) is 6.29 Å². The molecule has 0 bridgehead atoms. The monoisotopic (exact) mass is 285 g/mol. The van der Waals surface area contributed by atoms with Crippen LogP contribution in [-0.2, 0) is 11.3 Å². The molecule has 5 heteroatoms. The molecule has 0 aliphatic heterocycles. The number of carbonyl (C=O) groups is 2. The second-order valence-corrected chi connectivity index (χ2v) is 4.23. The quantitative estimate of drug-likeness (QED) is 0.856. The first kappa shape index (κ1) is 14.6. The smallest absolute Gasteiger partial charge is 0.411 e. The summed E-state index contributed by atoms with van der Waals surface area (Å²) in [5.74, 6) is 0.394. The van der Waals surface area contributed by atoms with Crippen molar-refractivity contribution >= 4 is 18.1 Å². The number of carbonyl (C=O) groups excluding carboxylic acids is 2. The third kappa shape index (κ3) is 3.82. The van der Waals surface area contributed by atoms with Gasteiger partial charge in [-0.15, -0.1) is 0 Å². The number of rotatable bonds is 5. The number of benzene rings is 2. The van der Waals surface area contributed by atoms with Gasteiger partial charge in [-0.3, -0.25) is 10.1 Å². The molecule has 1 amide bonds. The third-order valence-electron chi connectivity index (χ3n) is 2.85. The van der Waals surface area contributed by atoms with E-state index in [2.05, 4.69) is 5.32 Å². The summed E-state index contributed by atoms with van der Waals surface area (Å²) >= 11 is 0. The Labute approximate surface area is 122 Å². The van der Waals surface area contributed by atoms with E-state index in [4.69, 9.17) is 9.47 Å². The average molecular weight is 285 g/mol. The highest BCUT2D eigenvalue weighted by molar-refractivity contribution is 5.95. The van der Waals surface area contributed by atoms with Crippen molar-refractivity contribution < 1.29 is 19.1 Å². The molecule has 2 rings (SSSR count). The van der Waals surface area contributed by atoms with Gasteiger partial charge < -0.3 is 9.47 Å². The molecule has 0 atom stereocenters. The lowest BCUT2D eigenvalue weighted by molar-refractivity contribution is 0.112. The van der Waals surface area contributed by atoms with Crippen LogP contribution in [0.5, 0.6) is 5.75 Å². The lowest BCUT2D eigenvalue weighted by Gasteiger charge is -2.11. The van der Waals surface area contributed by atoms with Crippen LogP contribution in [0.4, 0.5) is 10.5 Å². The summed E-state index contributed by atoms with van der Waals surface area (Å²) in [5, 5.41) is 2.53. The minimum atomic E-state index is -0.629. The van der Waals surface area contributed by atoms with Crippen LogP contribution in [0.2, 0.25) is 0 Å². The van der Waals surface area contributed by atoms with Gasteiger partial charge in [0.1, 0.15) is 12.4 Å². The lowest BCUT2D eigenvalue weighted by Crippen LogP contribution is -2.15. The van der Waals surface area contributed by atoms with Crippen LogP contribution < -0.4 is 10.1 Å². The van der Waals surface area contributed by atoms with Crippen molar-refractivity contribution in [1.29, 1.82) is 0 Å². The van der Waals surface area contributed by atoms with Crippen LogP contribution in [0.1, 0.15) is 15.9 Å². The normalized spacial score (nSPS) is 9.76. The highest BCUT2D eigenvalue weighted by Crippen LogP contribution is 2.24. The number of ether oxygens (including phenoxy) is 2. The predicted molar refractivity (Wildman–Crippen MR) is 78.6 cm³/mol. The molecule has 0 unspecified atom stereocenters. The van der Waals surface area contributed by atoms with E-state index >= 15 is 0 Å². The molecule has 0 saturated carbocycles. The van der Waals surface area contributed by atoms with Gasteiger partial charge in [0.05, 0.1) is 18.4 Å². The lowest BCUT2D eigenvalue weighted by atomic mass is 10.2. The number of amides is 1. The van der Waals surface area contributed by atoms with E-state index in [0.717, 1.165) is 5.56 Å². The molecule has 108 valence electrons. The largest absolute Gasteiger partial charge is 0.496 e. The van der Waals surface area contributed by atoms with Crippen LogP contribution in [0, 0.1) is 0 Å². The van der Waals surface area contributed by atoms with Crippen molar-refractivity contribution in [2.75, 3.05) is 12.4 Å². The Bertz CT molecular complexity index is 625. The molecule has 1 N–H and O–H groups in total. The van der Waals surface area contributed by atoms with E-state index < -0.39 is 6.09 Å². The summed E-state index contributed by atoms with van der Waals surface area (Å²) in [4.78, 5) is 22.9. The van der Waals surface area contributed by atoms with Gasteiger partial charge in [-0.2, -0.15) is 0 Å². The highest BCUT2D eigenvalue weighted by Gasteiger charge is 2.11. The van der Waals surface area contributed by atoms with Crippen LogP contribution in [0.3, 0.4) is 0 Å². The van der Waals surface area contributed by atoms with E-state index in [-0.39, 0.29) is 12.2 Å². The molecule has 0 aliphatic carbocycles. The summed E-state index contributed by atoms with van der Waals surface area (Å²) in [6.07, 6.45) is 0.00116. The maximum Gasteiger partial charge on any atom is 0.411 e. The van der Waals surface area contributed by atoms with Gasteiger partial charge in [0, 0.05) is 0 Å². The average Bonchev–Trinajstić information content (AvgIpc) is 2.53. The molecule has 0 aliphatic rings. The number of hydrogen-bond acceptors (Lipinski definition) is 4. The number of hydrogen-bond donors (Lipinski definition) is 1. The summed E-state index contributed by atoms with van der Waals surface area (Å²) in [6, 6.07) is 14.3. The topological polar surface area (TPSA) is 64.6 Å². The Balaban J connectivity index is 2.01. The number of anilines is 1. The standard InChI is InChI=1S/C16H15NO4/c1-20-15-9-5-8-14(13(15)10-18)17-16(19)21-11-12-6-3-2-4-7-12/h2-10H,11H2,1H3,(H,17,19). The van der Waals surface area contributed by atoms with E-state index in [1.165, 1.54) is 7.11 Å². The zero-order valence-corrected chi connectivity index (χ0v) is 11.5. The minimum Gasteiger partial charge on any atom is -0.496 e. The SMILES string of the molecule is COc1cccc(NC(=O)OCc2ccccc2)c1C=O. The van der Waals surface area contributed by atoms with Gasteiger partial charge in [-0.05, 0) is 17.7 Å². The van der Waals surface area contributed by atoms with Gasteiger partial charge in [0.25, 0.3) is 0 Å². The Hall–Kier alpha value is -2.82. The van der Waals surface area contributed by atoms with Crippen LogP contribution in [0.15, 0.2) is 48.5 Å². The number of methoxy groups -OCH3 is 1. The third-order valence-corrected chi connectivity index (χ3v) is 2.85. The fourth-order valence-corrected chi connectivity index (χ4v) is 1.82. The fraction of sp³-hybridized carbons (Fsp3) is 0.125. The second-order valence-electron chi connectivity index (χ2n) is 4.23. The molecule has 0 radical (unpaired) electrons. The summed E-state index contributed by atoms with van der Waals surface area (Å²) in [6.45, 7) is 0.160. The van der Waals surface area contributed by atoms with E-state index in [1.54, 1.807) is 18.2 Å². The summed E-state index contributed by atoms with van der Waals surface area (Å²) in [7, 11) is 1.46. The molecule has 2 aromatic rings. The second kappa shape index (κ2) is 7.09. The Morgan fingerprint density at radius 2 is 1.90 bits per heavy atom. The highest BCUT2D eigenvalue weighted by atomic mass is 16.5. The van der Waals surface area contributed by atoms with Crippen molar-refractivity contribution in [1.82, 2.24) is 0 Å². The van der Waals surface area contributed by atoms with E-state index in [1.807, 2.05) is 30.3 Å². The molecule has 0 fully saturated rings. The zero-order chi connectivity index (χ0) is 15.1. The molecular formula is C16H15NO4. The summed E-state index contributed by atoms with van der Waals surface area (Å²) in [5.41, 5.74) is 1.51. The first-order valence-corrected chi connectivity index (χ1v) is 6.34. The number of nitrogens with one attached hydrogen (secondary N) is 1. The van der Waals surface area contributed by atoms with E-state index in [0.29, 0.717) is 17.7 Å². The molecule has 0 aromatic heterocycles. The fourth-order valence-electron chi connectivity index (χ4n) is 1.82. The number of aldehydes is 1. The zero-order valence-electron chi connectivity index (χ0n) is 11.5. The maximum atomic E-state index is 11.8. The van der Waals surface area contributed by atoms with Crippen molar-refractivity contribution in [3.63, 3.8) is 0 Å². The maximum absolute atomic E-state index is 11.8. The predicted octanol–water partition coefficient (Wildman–Crippen LogP) is 3.26. The van der Waals surface area contributed by atoms with Gasteiger partial charge >= 0.3 is 6.09 Å². The van der Waals surface area contributed by atoms with Gasteiger partial charge in [0.2, 0.25) is 0 Å². The Kier molecular flexibility index (Phi) is 4.93.